The van der Waals surface area contributed by atoms with Gasteiger partial charge in [0.2, 0.25) is 0 Å². The molecule has 0 aromatic heterocycles. The van der Waals surface area contributed by atoms with Crippen LogP contribution in [0, 0.1) is 0 Å². The fraction of sp³-hybridized carbons (Fsp3) is 0.0500. The molecule has 0 saturated heterocycles. The summed E-state index contributed by atoms with van der Waals surface area (Å²) in [5, 5.41) is 1.45. The minimum atomic E-state index is -0.0429. The van der Waals surface area contributed by atoms with Gasteiger partial charge in [-0.2, -0.15) is 0 Å². The molecule has 0 bridgehead atoms. The standard InChI is InChI=1S/C20H16ClO2P.Li.H/c1-23-18-10-6-5-9-16(18)20(22)24-19-12-11-15(13-17(19)21)14-7-3-2-4-8-14;;/h2-13,24H,1H3;;. The molecule has 3 rings (SSSR count). The predicted octanol–water partition coefficient (Wildman–Crippen LogP) is 4.51. The number of hydrogen-bond acceptors (Lipinski definition) is 2. The number of carbonyl (C=O) groups excluding carboxylic acids is 1. The second-order valence-electron chi connectivity index (χ2n) is 5.22. The van der Waals surface area contributed by atoms with Gasteiger partial charge in [-0.05, 0) is 43.2 Å². The molecule has 0 spiro atoms. The first-order valence-corrected chi connectivity index (χ1v) is 8.86. The van der Waals surface area contributed by atoms with Gasteiger partial charge in [0, 0.05) is 5.02 Å². The van der Waals surface area contributed by atoms with E-state index >= 15 is 0 Å². The fourth-order valence-electron chi connectivity index (χ4n) is 2.45. The number of halogens is 1. The van der Waals surface area contributed by atoms with Gasteiger partial charge in [-0.1, -0.05) is 66.2 Å². The van der Waals surface area contributed by atoms with Gasteiger partial charge in [0.15, 0.2) is 5.52 Å². The zero-order valence-electron chi connectivity index (χ0n) is 13.1. The van der Waals surface area contributed by atoms with E-state index in [1.165, 1.54) is 0 Å². The maximum atomic E-state index is 12.6. The number of methoxy groups -OCH3 is 1. The van der Waals surface area contributed by atoms with Gasteiger partial charge in [-0.3, -0.25) is 4.79 Å². The molecule has 25 heavy (non-hydrogen) atoms. The molecule has 0 heterocycles. The predicted molar refractivity (Wildman–Crippen MR) is 109 cm³/mol. The average molecular weight is 363 g/mol. The van der Waals surface area contributed by atoms with Crippen molar-refractivity contribution in [2.75, 3.05) is 7.11 Å². The topological polar surface area (TPSA) is 26.3 Å². The fourth-order valence-corrected chi connectivity index (χ4v) is 3.71. The van der Waals surface area contributed by atoms with Crippen molar-refractivity contribution in [2.24, 2.45) is 0 Å². The summed E-state index contributed by atoms with van der Waals surface area (Å²) < 4.78 is 5.26. The Labute approximate surface area is 166 Å². The number of carbonyl (C=O) groups is 1. The zero-order valence-corrected chi connectivity index (χ0v) is 14.9. The SMILES string of the molecule is COc1ccccc1C(=O)Pc1ccc(-c2ccccc2)cc1Cl.[LiH]. The molecule has 3 aromatic carbocycles. The van der Waals surface area contributed by atoms with Gasteiger partial charge in [0.1, 0.15) is 5.75 Å². The molecule has 2 nitrogen and oxygen atoms in total. The first-order valence-electron chi connectivity index (χ1n) is 7.48. The molecule has 0 saturated carbocycles. The Kier molecular flexibility index (Phi) is 7.30. The molecule has 1 unspecified atom stereocenters. The molecule has 0 radical (unpaired) electrons. The van der Waals surface area contributed by atoms with Gasteiger partial charge < -0.3 is 4.74 Å². The van der Waals surface area contributed by atoms with E-state index in [0.29, 0.717) is 16.3 Å². The molecule has 0 aliphatic heterocycles. The van der Waals surface area contributed by atoms with E-state index in [0.717, 1.165) is 16.4 Å². The van der Waals surface area contributed by atoms with Crippen LogP contribution in [-0.2, 0) is 0 Å². The van der Waals surface area contributed by atoms with Crippen molar-refractivity contribution in [1.29, 1.82) is 0 Å². The Hall–Kier alpha value is -1.55. The third-order valence-corrected chi connectivity index (χ3v) is 5.35. The van der Waals surface area contributed by atoms with Gasteiger partial charge in [-0.25, -0.2) is 0 Å². The molecule has 5 heteroatoms. The van der Waals surface area contributed by atoms with Gasteiger partial charge in [0.25, 0.3) is 0 Å². The summed E-state index contributed by atoms with van der Waals surface area (Å²) in [6.07, 6.45) is 0. The van der Waals surface area contributed by atoms with Crippen LogP contribution in [0.15, 0.2) is 72.8 Å². The van der Waals surface area contributed by atoms with Crippen LogP contribution in [0.1, 0.15) is 10.4 Å². The van der Waals surface area contributed by atoms with Crippen LogP contribution in [0.2, 0.25) is 5.02 Å². The van der Waals surface area contributed by atoms with E-state index in [4.69, 9.17) is 16.3 Å². The Bertz CT molecular complexity index is 869. The van der Waals surface area contributed by atoms with E-state index in [9.17, 15) is 4.79 Å². The Morgan fingerprint density at radius 3 is 2.28 bits per heavy atom. The van der Waals surface area contributed by atoms with E-state index in [-0.39, 0.29) is 33.0 Å². The maximum absolute atomic E-state index is 12.6. The molecular weight excluding hydrogens is 346 g/mol. The molecule has 0 aliphatic carbocycles. The van der Waals surface area contributed by atoms with E-state index < -0.39 is 0 Å². The van der Waals surface area contributed by atoms with Crippen LogP contribution in [-0.4, -0.2) is 31.5 Å². The Balaban J connectivity index is 0.00000225. The summed E-state index contributed by atoms with van der Waals surface area (Å²) in [6.45, 7) is 0. The monoisotopic (exact) mass is 362 g/mol. The van der Waals surface area contributed by atoms with Crippen molar-refractivity contribution >= 4 is 49.9 Å². The molecular formula is C20H17ClLiO2P. The molecule has 0 fully saturated rings. The third kappa shape index (κ3) is 4.75. The van der Waals surface area contributed by atoms with Gasteiger partial charge >= 0.3 is 18.9 Å². The van der Waals surface area contributed by atoms with Crippen LogP contribution in [0.25, 0.3) is 11.1 Å². The van der Waals surface area contributed by atoms with Gasteiger partial charge in [0.05, 0.1) is 12.7 Å². The van der Waals surface area contributed by atoms with E-state index in [2.05, 4.69) is 0 Å². The normalized spacial score (nSPS) is 10.5. The van der Waals surface area contributed by atoms with Crippen molar-refractivity contribution in [3.8, 4) is 16.9 Å². The van der Waals surface area contributed by atoms with E-state index in [1.54, 1.807) is 19.2 Å². The summed E-state index contributed by atoms with van der Waals surface area (Å²) in [4.78, 5) is 12.6. The molecule has 3 aromatic rings. The van der Waals surface area contributed by atoms with Crippen LogP contribution >= 0.6 is 20.2 Å². The van der Waals surface area contributed by atoms with Crippen LogP contribution in [0.3, 0.4) is 0 Å². The number of para-hydroxylation sites is 1. The first kappa shape index (κ1) is 19.8. The number of ether oxygens (including phenoxy) is 1. The second-order valence-corrected chi connectivity index (χ2v) is 6.87. The van der Waals surface area contributed by atoms with E-state index in [1.807, 2.05) is 60.7 Å². The Morgan fingerprint density at radius 1 is 0.920 bits per heavy atom. The molecule has 1 atom stereocenters. The first-order chi connectivity index (χ1) is 11.7. The minimum absolute atomic E-state index is 0. The van der Waals surface area contributed by atoms with Gasteiger partial charge in [-0.15, -0.1) is 0 Å². The van der Waals surface area contributed by atoms with Crippen LogP contribution in [0.5, 0.6) is 5.75 Å². The van der Waals surface area contributed by atoms with Crippen molar-refractivity contribution in [3.05, 3.63) is 83.4 Å². The summed E-state index contributed by atoms with van der Waals surface area (Å²) >= 11 is 6.41. The molecule has 0 N–H and O–H groups in total. The van der Waals surface area contributed by atoms with Crippen molar-refractivity contribution in [3.63, 3.8) is 0 Å². The van der Waals surface area contributed by atoms with Crippen molar-refractivity contribution < 1.29 is 9.53 Å². The van der Waals surface area contributed by atoms with Crippen molar-refractivity contribution in [2.45, 2.75) is 0 Å². The van der Waals surface area contributed by atoms with Crippen molar-refractivity contribution in [1.82, 2.24) is 0 Å². The summed E-state index contributed by atoms with van der Waals surface area (Å²) in [5.74, 6) is 0.590. The Morgan fingerprint density at radius 2 is 1.60 bits per heavy atom. The number of benzene rings is 3. The third-order valence-electron chi connectivity index (χ3n) is 3.68. The number of rotatable bonds is 5. The zero-order chi connectivity index (χ0) is 16.9. The molecule has 0 amide bonds. The second kappa shape index (κ2) is 9.23. The summed E-state index contributed by atoms with van der Waals surface area (Å²) in [6, 6.07) is 23.1. The molecule has 0 aliphatic rings. The summed E-state index contributed by atoms with van der Waals surface area (Å²) in [5.41, 5.74) is 2.74. The average Bonchev–Trinajstić information content (AvgIpc) is 2.64. The van der Waals surface area contributed by atoms with Crippen LogP contribution in [0.4, 0.5) is 0 Å². The number of hydrogen-bond donors (Lipinski definition) is 0. The quantitative estimate of drug-likeness (QED) is 0.493. The molecule has 122 valence electrons. The van der Waals surface area contributed by atoms with Crippen LogP contribution < -0.4 is 10.0 Å². The summed E-state index contributed by atoms with van der Waals surface area (Å²) in [7, 11) is 1.52.